The molecule has 0 bridgehead atoms. The standard InChI is InChI=1S/C23H16N4O4S2/c1-30-15-7-8-16-18(10-15)31-11-14(19(16)28)9-17-20(24)27-22(25-21(17)29)33-23(26-27)32-12-13-5-3-2-4-6-13/h2-11,24H,12H2,1H3. The molecule has 33 heavy (non-hydrogen) atoms. The van der Waals surface area contributed by atoms with E-state index in [9.17, 15) is 9.59 Å². The lowest BCUT2D eigenvalue weighted by Gasteiger charge is -2.19. The number of benzene rings is 2. The summed E-state index contributed by atoms with van der Waals surface area (Å²) in [7, 11) is 1.53. The van der Waals surface area contributed by atoms with E-state index in [4.69, 9.17) is 14.6 Å². The number of fused-ring (bicyclic) bond motifs is 2. The molecular formula is C23H16N4O4S2. The van der Waals surface area contributed by atoms with E-state index >= 15 is 0 Å². The maximum Gasteiger partial charge on any atom is 0.283 e. The third-order valence-corrected chi connectivity index (χ3v) is 7.06. The van der Waals surface area contributed by atoms with Crippen LogP contribution in [0.2, 0.25) is 0 Å². The summed E-state index contributed by atoms with van der Waals surface area (Å²) in [5, 5.41) is 14.9. The lowest BCUT2D eigenvalue weighted by atomic mass is 10.1. The predicted molar refractivity (Wildman–Crippen MR) is 132 cm³/mol. The van der Waals surface area contributed by atoms with Crippen LogP contribution in [0.4, 0.5) is 0 Å². The molecule has 2 aliphatic rings. The molecule has 0 saturated carbocycles. The summed E-state index contributed by atoms with van der Waals surface area (Å²) in [5.74, 6) is 0.536. The molecule has 10 heteroatoms. The predicted octanol–water partition coefficient (Wildman–Crippen LogP) is 4.31. The monoisotopic (exact) mass is 476 g/mol. The van der Waals surface area contributed by atoms with Crippen LogP contribution in [0.5, 0.6) is 5.75 Å². The number of carbonyl (C=O) groups is 1. The number of hydrogen-bond acceptors (Lipinski definition) is 8. The number of amidine groups is 2. The zero-order valence-corrected chi connectivity index (χ0v) is 18.9. The molecule has 3 aromatic rings. The molecule has 0 unspecified atom stereocenters. The SMILES string of the molecule is COc1ccc2c(=O)c(C=C3C(=N)N4N=C(SCc5ccccc5)SC4=NC3=O)coc2c1. The third-order valence-electron chi connectivity index (χ3n) is 4.95. The van der Waals surface area contributed by atoms with Crippen molar-refractivity contribution in [1.29, 1.82) is 5.41 Å². The molecule has 2 aromatic carbocycles. The zero-order valence-electron chi connectivity index (χ0n) is 17.3. The van der Waals surface area contributed by atoms with Crippen LogP contribution in [0.1, 0.15) is 11.1 Å². The molecule has 1 amide bonds. The van der Waals surface area contributed by atoms with Gasteiger partial charge >= 0.3 is 0 Å². The number of rotatable bonds is 4. The summed E-state index contributed by atoms with van der Waals surface area (Å²) in [6.07, 6.45) is 2.59. The topological polar surface area (TPSA) is 108 Å². The van der Waals surface area contributed by atoms with Gasteiger partial charge in [0.25, 0.3) is 5.91 Å². The number of thioether (sulfide) groups is 2. The normalized spacial score (nSPS) is 16.8. The molecule has 8 nitrogen and oxygen atoms in total. The van der Waals surface area contributed by atoms with Crippen LogP contribution >= 0.6 is 23.5 Å². The van der Waals surface area contributed by atoms with Crippen LogP contribution in [-0.2, 0) is 10.5 Å². The van der Waals surface area contributed by atoms with Crippen LogP contribution < -0.4 is 10.2 Å². The molecule has 3 heterocycles. The second kappa shape index (κ2) is 8.72. The van der Waals surface area contributed by atoms with E-state index in [1.54, 1.807) is 18.2 Å². The van der Waals surface area contributed by atoms with Gasteiger partial charge in [0.1, 0.15) is 17.6 Å². The fourth-order valence-electron chi connectivity index (χ4n) is 3.26. The molecule has 164 valence electrons. The zero-order chi connectivity index (χ0) is 22.9. The number of carbonyl (C=O) groups excluding carboxylic acids is 1. The van der Waals surface area contributed by atoms with Gasteiger partial charge in [0, 0.05) is 11.8 Å². The van der Waals surface area contributed by atoms with Crippen molar-refractivity contribution in [3.8, 4) is 5.75 Å². The summed E-state index contributed by atoms with van der Waals surface area (Å²) in [4.78, 5) is 29.6. The number of hydrogen-bond donors (Lipinski definition) is 1. The fourth-order valence-corrected chi connectivity index (χ4v) is 5.14. The summed E-state index contributed by atoms with van der Waals surface area (Å²) in [6, 6.07) is 14.8. The van der Waals surface area contributed by atoms with Crippen molar-refractivity contribution in [3.63, 3.8) is 0 Å². The van der Waals surface area contributed by atoms with E-state index < -0.39 is 5.91 Å². The van der Waals surface area contributed by atoms with Crippen molar-refractivity contribution in [2.75, 3.05) is 7.11 Å². The van der Waals surface area contributed by atoms with Crippen LogP contribution in [0.3, 0.4) is 0 Å². The van der Waals surface area contributed by atoms with Gasteiger partial charge in [-0.15, -0.1) is 5.10 Å². The van der Waals surface area contributed by atoms with Crippen molar-refractivity contribution in [2.24, 2.45) is 10.1 Å². The molecule has 2 aliphatic heterocycles. The highest BCUT2D eigenvalue weighted by atomic mass is 32.2. The Hall–Kier alpha value is -3.63. The van der Waals surface area contributed by atoms with E-state index in [1.807, 2.05) is 30.3 Å². The van der Waals surface area contributed by atoms with Crippen molar-refractivity contribution >= 4 is 61.9 Å². The van der Waals surface area contributed by atoms with E-state index in [2.05, 4.69) is 10.1 Å². The molecule has 5 rings (SSSR count). The first-order valence-electron chi connectivity index (χ1n) is 9.80. The minimum Gasteiger partial charge on any atom is -0.497 e. The molecule has 0 radical (unpaired) electrons. The van der Waals surface area contributed by atoms with E-state index in [0.29, 0.717) is 32.0 Å². The summed E-state index contributed by atoms with van der Waals surface area (Å²) in [5.41, 5.74) is 1.31. The number of nitrogens with one attached hydrogen (secondary N) is 1. The van der Waals surface area contributed by atoms with E-state index in [0.717, 1.165) is 5.56 Å². The van der Waals surface area contributed by atoms with Crippen LogP contribution in [0, 0.1) is 5.41 Å². The van der Waals surface area contributed by atoms with Crippen molar-refractivity contribution in [2.45, 2.75) is 5.75 Å². The lowest BCUT2D eigenvalue weighted by molar-refractivity contribution is -0.114. The minimum absolute atomic E-state index is 0.0300. The van der Waals surface area contributed by atoms with Crippen molar-refractivity contribution in [3.05, 3.63) is 81.7 Å². The highest BCUT2D eigenvalue weighted by Crippen LogP contribution is 2.33. The van der Waals surface area contributed by atoms with Gasteiger partial charge in [0.15, 0.2) is 15.6 Å². The first kappa shape index (κ1) is 21.2. The van der Waals surface area contributed by atoms with Gasteiger partial charge in [-0.25, -0.2) is 0 Å². The van der Waals surface area contributed by atoms with Crippen LogP contribution in [-0.4, -0.2) is 33.4 Å². The Kier molecular flexibility index (Phi) is 5.61. The Morgan fingerprint density at radius 1 is 1.21 bits per heavy atom. The number of ether oxygens (including phenoxy) is 1. The van der Waals surface area contributed by atoms with E-state index in [1.165, 1.54) is 48.0 Å². The Bertz CT molecular complexity index is 1440. The smallest absolute Gasteiger partial charge is 0.283 e. The molecule has 1 aromatic heterocycles. The first-order valence-corrected chi connectivity index (χ1v) is 11.6. The van der Waals surface area contributed by atoms with Crippen LogP contribution in [0.15, 0.2) is 79.7 Å². The highest BCUT2D eigenvalue weighted by Gasteiger charge is 2.36. The Balaban J connectivity index is 1.42. The average molecular weight is 477 g/mol. The molecule has 0 spiro atoms. The Labute approximate surface area is 196 Å². The molecule has 0 saturated heterocycles. The van der Waals surface area contributed by atoms with Gasteiger partial charge in [-0.3, -0.25) is 15.0 Å². The quantitative estimate of drug-likeness (QED) is 0.559. The average Bonchev–Trinajstić information content (AvgIpc) is 3.25. The summed E-state index contributed by atoms with van der Waals surface area (Å²) in [6.45, 7) is 0. The molecule has 0 atom stereocenters. The van der Waals surface area contributed by atoms with Crippen LogP contribution in [0.25, 0.3) is 17.0 Å². The van der Waals surface area contributed by atoms with Gasteiger partial charge in [0.05, 0.1) is 23.6 Å². The lowest BCUT2D eigenvalue weighted by Crippen LogP contribution is -2.35. The van der Waals surface area contributed by atoms with Gasteiger partial charge in [0.2, 0.25) is 5.17 Å². The minimum atomic E-state index is -0.600. The largest absolute Gasteiger partial charge is 0.497 e. The maximum absolute atomic E-state index is 12.9. The molecule has 0 fully saturated rings. The number of nitrogens with zero attached hydrogens (tertiary/aromatic N) is 3. The summed E-state index contributed by atoms with van der Waals surface area (Å²) >= 11 is 2.75. The number of hydrazone groups is 1. The molecule has 0 aliphatic carbocycles. The molecule has 1 N–H and O–H groups in total. The second-order valence-electron chi connectivity index (χ2n) is 7.04. The van der Waals surface area contributed by atoms with Crippen molar-refractivity contribution in [1.82, 2.24) is 5.01 Å². The summed E-state index contributed by atoms with van der Waals surface area (Å²) < 4.78 is 11.4. The van der Waals surface area contributed by atoms with Gasteiger partial charge < -0.3 is 9.15 Å². The maximum atomic E-state index is 12.9. The Morgan fingerprint density at radius 2 is 2.03 bits per heavy atom. The van der Waals surface area contributed by atoms with E-state index in [-0.39, 0.29) is 22.4 Å². The highest BCUT2D eigenvalue weighted by molar-refractivity contribution is 8.45. The first-order chi connectivity index (χ1) is 16.0. The van der Waals surface area contributed by atoms with Gasteiger partial charge in [-0.2, -0.15) is 10.0 Å². The fraction of sp³-hybridized carbons (Fsp3) is 0.0870. The van der Waals surface area contributed by atoms with Gasteiger partial charge in [-0.05, 0) is 35.5 Å². The molecular weight excluding hydrogens is 460 g/mol. The number of methoxy groups -OCH3 is 1. The van der Waals surface area contributed by atoms with Gasteiger partial charge in [-0.1, -0.05) is 42.1 Å². The Morgan fingerprint density at radius 3 is 2.82 bits per heavy atom. The third kappa shape index (κ3) is 4.10. The number of aliphatic imine (C=N–C) groups is 1. The second-order valence-corrected chi connectivity index (χ2v) is 9.22. The number of amides is 1. The van der Waals surface area contributed by atoms with Crippen molar-refractivity contribution < 1.29 is 13.9 Å².